The van der Waals surface area contributed by atoms with Crippen LogP contribution in [0.25, 0.3) is 0 Å². The average Bonchev–Trinajstić information content (AvgIpc) is 3.34. The number of rotatable bonds is 6. The number of hydrogen-bond donors (Lipinski definition) is 2. The standard InChI is InChI=1S/C19H23N7O2/c1-18(2,12-27)26-10-14(9-22-26)23-17-21-7-5-15(24-17)25-8-6-19(11-20,16(25)28)13-3-4-13/h5,7,9-10,13,27H,3-4,6,8,12H2,1-2H3,(H,21,23,24)/t19-/m0/s1. The molecule has 2 fully saturated rings. The normalized spacial score (nSPS) is 22.4. The zero-order valence-electron chi connectivity index (χ0n) is 16.0. The third kappa shape index (κ3) is 2.99. The largest absolute Gasteiger partial charge is 0.394 e. The van der Waals surface area contributed by atoms with E-state index in [-0.39, 0.29) is 18.4 Å². The van der Waals surface area contributed by atoms with Crippen LogP contribution in [0.3, 0.4) is 0 Å². The van der Waals surface area contributed by atoms with Crippen LogP contribution >= 0.6 is 0 Å². The van der Waals surface area contributed by atoms with Gasteiger partial charge >= 0.3 is 0 Å². The number of aliphatic hydroxyl groups excluding tert-OH is 1. The molecular weight excluding hydrogens is 358 g/mol. The first-order valence-electron chi connectivity index (χ1n) is 9.39. The van der Waals surface area contributed by atoms with Gasteiger partial charge in [0.05, 0.1) is 30.1 Å². The number of amides is 1. The molecule has 0 aromatic carbocycles. The van der Waals surface area contributed by atoms with Crippen molar-refractivity contribution < 1.29 is 9.90 Å². The average molecular weight is 381 g/mol. The van der Waals surface area contributed by atoms with Crippen LogP contribution in [0.15, 0.2) is 24.7 Å². The van der Waals surface area contributed by atoms with Gasteiger partial charge in [-0.05, 0) is 45.1 Å². The fourth-order valence-electron chi connectivity index (χ4n) is 3.59. The van der Waals surface area contributed by atoms with Gasteiger partial charge in [0.15, 0.2) is 0 Å². The molecule has 0 unspecified atom stereocenters. The van der Waals surface area contributed by atoms with Gasteiger partial charge in [0.2, 0.25) is 11.9 Å². The molecule has 2 aromatic heterocycles. The number of nitriles is 1. The first kappa shape index (κ1) is 18.4. The molecule has 9 heteroatoms. The summed E-state index contributed by atoms with van der Waals surface area (Å²) < 4.78 is 1.67. The molecule has 1 aliphatic heterocycles. The second-order valence-electron chi connectivity index (χ2n) is 8.07. The molecule has 146 valence electrons. The Kier molecular flexibility index (Phi) is 4.31. The third-order valence-electron chi connectivity index (χ3n) is 5.59. The highest BCUT2D eigenvalue weighted by atomic mass is 16.3. The Balaban J connectivity index is 1.53. The van der Waals surface area contributed by atoms with Crippen molar-refractivity contribution in [2.45, 2.75) is 38.6 Å². The van der Waals surface area contributed by atoms with Crippen LogP contribution in [-0.4, -0.2) is 43.9 Å². The maximum Gasteiger partial charge on any atom is 0.248 e. The van der Waals surface area contributed by atoms with Crippen molar-refractivity contribution in [3.05, 3.63) is 24.7 Å². The van der Waals surface area contributed by atoms with Crippen molar-refractivity contribution in [2.75, 3.05) is 23.4 Å². The van der Waals surface area contributed by atoms with Crippen LogP contribution in [0, 0.1) is 22.7 Å². The Hall–Kier alpha value is -2.99. The number of aliphatic hydroxyl groups is 1. The quantitative estimate of drug-likeness (QED) is 0.783. The molecule has 0 radical (unpaired) electrons. The molecule has 1 saturated heterocycles. The molecule has 0 spiro atoms. The Labute approximate surface area is 163 Å². The molecule has 2 N–H and O–H groups in total. The van der Waals surface area contributed by atoms with E-state index >= 15 is 0 Å². The van der Waals surface area contributed by atoms with Crippen LogP contribution in [-0.2, 0) is 10.3 Å². The highest BCUT2D eigenvalue weighted by Gasteiger charge is 2.57. The van der Waals surface area contributed by atoms with E-state index in [9.17, 15) is 15.2 Å². The number of anilines is 3. The van der Waals surface area contributed by atoms with E-state index in [1.807, 2.05) is 13.8 Å². The summed E-state index contributed by atoms with van der Waals surface area (Å²) in [7, 11) is 0. The summed E-state index contributed by atoms with van der Waals surface area (Å²) in [6, 6.07) is 3.97. The van der Waals surface area contributed by atoms with E-state index in [0.29, 0.717) is 30.4 Å². The van der Waals surface area contributed by atoms with E-state index in [0.717, 1.165) is 12.8 Å². The Morgan fingerprint density at radius 3 is 2.93 bits per heavy atom. The first-order chi connectivity index (χ1) is 13.4. The fraction of sp³-hybridized carbons (Fsp3) is 0.526. The molecule has 1 atom stereocenters. The number of nitrogens with one attached hydrogen (secondary N) is 1. The molecule has 1 saturated carbocycles. The van der Waals surface area contributed by atoms with Gasteiger partial charge in [-0.15, -0.1) is 0 Å². The van der Waals surface area contributed by atoms with Crippen molar-refractivity contribution in [1.82, 2.24) is 19.7 Å². The van der Waals surface area contributed by atoms with Crippen LogP contribution < -0.4 is 10.2 Å². The van der Waals surface area contributed by atoms with E-state index in [4.69, 9.17) is 0 Å². The molecular formula is C19H23N7O2. The Bertz CT molecular complexity index is 944. The SMILES string of the molecule is CC(C)(CO)n1cc(Nc2nccc(N3CC[C@](C#N)(C4CC4)C3=O)n2)cn1. The van der Waals surface area contributed by atoms with E-state index < -0.39 is 11.0 Å². The van der Waals surface area contributed by atoms with Crippen molar-refractivity contribution >= 4 is 23.4 Å². The Morgan fingerprint density at radius 1 is 1.46 bits per heavy atom. The molecule has 4 rings (SSSR count). The lowest BCUT2D eigenvalue weighted by molar-refractivity contribution is -0.123. The van der Waals surface area contributed by atoms with Crippen LogP contribution in [0.2, 0.25) is 0 Å². The van der Waals surface area contributed by atoms with Gasteiger partial charge in [0.1, 0.15) is 11.2 Å². The highest BCUT2D eigenvalue weighted by Crippen LogP contribution is 2.51. The van der Waals surface area contributed by atoms with Gasteiger partial charge < -0.3 is 10.4 Å². The molecule has 1 amide bonds. The molecule has 28 heavy (non-hydrogen) atoms. The van der Waals surface area contributed by atoms with Crippen molar-refractivity contribution in [3.63, 3.8) is 0 Å². The maximum absolute atomic E-state index is 12.9. The monoisotopic (exact) mass is 381 g/mol. The summed E-state index contributed by atoms with van der Waals surface area (Å²) in [5.41, 5.74) is -0.736. The van der Waals surface area contributed by atoms with Crippen LogP contribution in [0.5, 0.6) is 0 Å². The van der Waals surface area contributed by atoms with Crippen LogP contribution in [0.4, 0.5) is 17.5 Å². The smallest absolute Gasteiger partial charge is 0.248 e. The second-order valence-corrected chi connectivity index (χ2v) is 8.07. The molecule has 2 aromatic rings. The first-order valence-corrected chi connectivity index (χ1v) is 9.39. The lowest BCUT2D eigenvalue weighted by Gasteiger charge is -2.22. The van der Waals surface area contributed by atoms with Gasteiger partial charge in [0, 0.05) is 18.9 Å². The van der Waals surface area contributed by atoms with Crippen molar-refractivity contribution in [3.8, 4) is 6.07 Å². The summed E-state index contributed by atoms with van der Waals surface area (Å²) in [5, 5.41) is 26.4. The summed E-state index contributed by atoms with van der Waals surface area (Å²) in [6.07, 6.45) is 7.41. The van der Waals surface area contributed by atoms with Gasteiger partial charge in [-0.1, -0.05) is 0 Å². The summed E-state index contributed by atoms with van der Waals surface area (Å²) in [5.74, 6) is 0.853. The molecule has 2 aliphatic rings. The topological polar surface area (TPSA) is 120 Å². The zero-order valence-corrected chi connectivity index (χ0v) is 16.0. The number of nitrogens with zero attached hydrogens (tertiary/aromatic N) is 6. The Morgan fingerprint density at radius 2 is 2.25 bits per heavy atom. The van der Waals surface area contributed by atoms with Crippen molar-refractivity contribution in [1.29, 1.82) is 5.26 Å². The van der Waals surface area contributed by atoms with Gasteiger partial charge in [-0.25, -0.2) is 4.98 Å². The lowest BCUT2D eigenvalue weighted by Crippen LogP contribution is -2.35. The lowest BCUT2D eigenvalue weighted by atomic mass is 9.83. The number of hydrogen-bond acceptors (Lipinski definition) is 7. The number of carbonyl (C=O) groups excluding carboxylic acids is 1. The number of aromatic nitrogens is 4. The minimum absolute atomic E-state index is 0.0428. The van der Waals surface area contributed by atoms with Gasteiger partial charge in [0.25, 0.3) is 0 Å². The molecule has 3 heterocycles. The van der Waals surface area contributed by atoms with E-state index in [1.165, 1.54) is 0 Å². The second kappa shape index (κ2) is 6.56. The highest BCUT2D eigenvalue weighted by molar-refractivity contribution is 6.01. The summed E-state index contributed by atoms with van der Waals surface area (Å²) in [6.45, 7) is 4.20. The van der Waals surface area contributed by atoms with Crippen LogP contribution in [0.1, 0.15) is 33.1 Å². The minimum atomic E-state index is -0.893. The predicted molar refractivity (Wildman–Crippen MR) is 102 cm³/mol. The molecule has 0 bridgehead atoms. The fourth-order valence-corrected chi connectivity index (χ4v) is 3.59. The van der Waals surface area contributed by atoms with Crippen molar-refractivity contribution in [2.24, 2.45) is 11.3 Å². The van der Waals surface area contributed by atoms with Gasteiger partial charge in [-0.2, -0.15) is 15.3 Å². The summed E-state index contributed by atoms with van der Waals surface area (Å²) in [4.78, 5) is 23.2. The summed E-state index contributed by atoms with van der Waals surface area (Å²) >= 11 is 0. The minimum Gasteiger partial charge on any atom is -0.394 e. The molecule has 9 nitrogen and oxygen atoms in total. The number of carbonyl (C=O) groups is 1. The van der Waals surface area contributed by atoms with E-state index in [2.05, 4.69) is 26.5 Å². The van der Waals surface area contributed by atoms with E-state index in [1.54, 1.807) is 34.2 Å². The zero-order chi connectivity index (χ0) is 19.9. The third-order valence-corrected chi connectivity index (χ3v) is 5.59. The van der Waals surface area contributed by atoms with Gasteiger partial charge in [-0.3, -0.25) is 14.4 Å². The maximum atomic E-state index is 12.9. The molecule has 1 aliphatic carbocycles. The predicted octanol–water partition coefficient (Wildman–Crippen LogP) is 1.80.